The molecule has 24 heavy (non-hydrogen) atoms. The molecule has 0 unspecified atom stereocenters. The lowest BCUT2D eigenvalue weighted by atomic mass is 10.1. The number of carbonyl (C=O) groups excluding carboxylic acids is 1. The predicted molar refractivity (Wildman–Crippen MR) is 99.4 cm³/mol. The molecule has 0 aliphatic heterocycles. The first-order valence-electron chi connectivity index (χ1n) is 9.11. The zero-order valence-electron chi connectivity index (χ0n) is 15.3. The number of esters is 1. The maximum absolute atomic E-state index is 11.2. The van der Waals surface area contributed by atoms with Crippen LogP contribution in [0.4, 0.5) is 0 Å². The van der Waals surface area contributed by atoms with Gasteiger partial charge in [-0.25, -0.2) is 4.79 Å². The summed E-state index contributed by atoms with van der Waals surface area (Å²) in [5, 5.41) is 0. The molecular formula is C21H32O3. The fourth-order valence-corrected chi connectivity index (χ4v) is 2.38. The molecule has 0 aliphatic carbocycles. The van der Waals surface area contributed by atoms with E-state index in [4.69, 9.17) is 9.47 Å². The van der Waals surface area contributed by atoms with Crippen molar-refractivity contribution in [3.05, 3.63) is 42.0 Å². The molecule has 0 bridgehead atoms. The molecule has 3 heteroatoms. The number of rotatable bonds is 13. The minimum Gasteiger partial charge on any atom is -0.494 e. The van der Waals surface area contributed by atoms with Gasteiger partial charge in [0, 0.05) is 5.57 Å². The molecule has 0 saturated carbocycles. The standard InChI is InChI=1S/C21H32O3/c1-18(2)21(22)24-17-11-9-7-5-4-6-8-10-16-23-20-14-12-19(3)13-15-20/h12-15H,1,4-11,16-17H2,2-3H3. The molecular weight excluding hydrogens is 300 g/mol. The molecule has 1 aromatic carbocycles. The van der Waals surface area contributed by atoms with Gasteiger partial charge in [-0.3, -0.25) is 0 Å². The maximum Gasteiger partial charge on any atom is 0.333 e. The highest BCUT2D eigenvalue weighted by molar-refractivity contribution is 5.86. The van der Waals surface area contributed by atoms with Crippen molar-refractivity contribution in [3.8, 4) is 5.75 Å². The third-order valence-electron chi connectivity index (χ3n) is 3.91. The number of carbonyl (C=O) groups is 1. The Balaban J connectivity index is 1.83. The maximum atomic E-state index is 11.2. The summed E-state index contributed by atoms with van der Waals surface area (Å²) in [7, 11) is 0. The van der Waals surface area contributed by atoms with Gasteiger partial charge in [0.05, 0.1) is 13.2 Å². The van der Waals surface area contributed by atoms with E-state index < -0.39 is 0 Å². The summed E-state index contributed by atoms with van der Waals surface area (Å²) in [5.41, 5.74) is 1.73. The van der Waals surface area contributed by atoms with Crippen LogP contribution in [0.25, 0.3) is 0 Å². The van der Waals surface area contributed by atoms with E-state index in [0.717, 1.165) is 31.6 Å². The highest BCUT2D eigenvalue weighted by atomic mass is 16.5. The number of hydrogen-bond acceptors (Lipinski definition) is 3. The zero-order valence-corrected chi connectivity index (χ0v) is 15.3. The van der Waals surface area contributed by atoms with E-state index in [9.17, 15) is 4.79 Å². The minimum atomic E-state index is -0.275. The summed E-state index contributed by atoms with van der Waals surface area (Å²) in [6.07, 6.45) is 9.42. The topological polar surface area (TPSA) is 35.5 Å². The Labute approximate surface area is 147 Å². The summed E-state index contributed by atoms with van der Waals surface area (Å²) < 4.78 is 10.8. The molecule has 1 aromatic rings. The summed E-state index contributed by atoms with van der Waals surface area (Å²) >= 11 is 0. The molecule has 0 aliphatic rings. The molecule has 0 amide bonds. The number of benzene rings is 1. The Morgan fingerprint density at radius 1 is 0.875 bits per heavy atom. The molecule has 0 heterocycles. The van der Waals surface area contributed by atoms with Gasteiger partial charge in [-0.2, -0.15) is 0 Å². The minimum absolute atomic E-state index is 0.275. The molecule has 134 valence electrons. The second kappa shape index (κ2) is 12.6. The van der Waals surface area contributed by atoms with Gasteiger partial charge in [0.15, 0.2) is 0 Å². The average molecular weight is 332 g/mol. The van der Waals surface area contributed by atoms with Crippen molar-refractivity contribution in [2.75, 3.05) is 13.2 Å². The van der Waals surface area contributed by atoms with Crippen LogP contribution in [-0.2, 0) is 9.53 Å². The van der Waals surface area contributed by atoms with Crippen LogP contribution in [0, 0.1) is 6.92 Å². The first-order chi connectivity index (χ1) is 11.6. The Hall–Kier alpha value is -1.77. The van der Waals surface area contributed by atoms with Gasteiger partial charge in [0.1, 0.15) is 5.75 Å². The Kier molecular flexibility index (Phi) is 10.7. The normalized spacial score (nSPS) is 10.4. The molecule has 0 radical (unpaired) electrons. The van der Waals surface area contributed by atoms with E-state index in [1.165, 1.54) is 37.7 Å². The largest absolute Gasteiger partial charge is 0.494 e. The number of hydrogen-bond donors (Lipinski definition) is 0. The van der Waals surface area contributed by atoms with Crippen LogP contribution in [0.3, 0.4) is 0 Å². The van der Waals surface area contributed by atoms with Gasteiger partial charge in [-0.1, -0.05) is 62.8 Å². The van der Waals surface area contributed by atoms with Gasteiger partial charge < -0.3 is 9.47 Å². The van der Waals surface area contributed by atoms with Crippen LogP contribution in [0.5, 0.6) is 5.75 Å². The number of aryl methyl sites for hydroxylation is 1. The second-order valence-electron chi connectivity index (χ2n) is 6.41. The molecule has 0 saturated heterocycles. The van der Waals surface area contributed by atoms with E-state index >= 15 is 0 Å². The van der Waals surface area contributed by atoms with E-state index in [1.807, 2.05) is 12.1 Å². The van der Waals surface area contributed by atoms with Crippen molar-refractivity contribution in [2.45, 2.75) is 65.2 Å². The lowest BCUT2D eigenvalue weighted by Crippen LogP contribution is -2.05. The molecule has 0 N–H and O–H groups in total. The second-order valence-corrected chi connectivity index (χ2v) is 6.41. The van der Waals surface area contributed by atoms with Crippen LogP contribution in [-0.4, -0.2) is 19.2 Å². The van der Waals surface area contributed by atoms with Crippen LogP contribution in [0.2, 0.25) is 0 Å². The number of unbranched alkanes of at least 4 members (excludes halogenated alkanes) is 7. The first-order valence-corrected chi connectivity index (χ1v) is 9.11. The van der Waals surface area contributed by atoms with Crippen molar-refractivity contribution >= 4 is 5.97 Å². The molecule has 1 rings (SSSR count). The summed E-state index contributed by atoms with van der Waals surface area (Å²) in [5.74, 6) is 0.691. The van der Waals surface area contributed by atoms with E-state index in [2.05, 4.69) is 25.6 Å². The Morgan fingerprint density at radius 2 is 1.38 bits per heavy atom. The van der Waals surface area contributed by atoms with Gasteiger partial charge >= 0.3 is 5.97 Å². The van der Waals surface area contributed by atoms with Crippen LogP contribution in [0.15, 0.2) is 36.4 Å². The van der Waals surface area contributed by atoms with Crippen LogP contribution < -0.4 is 4.74 Å². The smallest absolute Gasteiger partial charge is 0.333 e. The fraction of sp³-hybridized carbons (Fsp3) is 0.571. The summed E-state index contributed by atoms with van der Waals surface area (Å²) in [6.45, 7) is 8.64. The molecule has 0 spiro atoms. The highest BCUT2D eigenvalue weighted by Gasteiger charge is 2.01. The molecule has 0 aromatic heterocycles. The molecule has 0 atom stereocenters. The van der Waals surface area contributed by atoms with Crippen molar-refractivity contribution in [3.63, 3.8) is 0 Å². The number of ether oxygens (including phenoxy) is 2. The lowest BCUT2D eigenvalue weighted by Gasteiger charge is -2.06. The van der Waals surface area contributed by atoms with Crippen molar-refractivity contribution in [1.29, 1.82) is 0 Å². The summed E-state index contributed by atoms with van der Waals surface area (Å²) in [6, 6.07) is 8.22. The zero-order chi connectivity index (χ0) is 17.6. The SMILES string of the molecule is C=C(C)C(=O)OCCCCCCCCCCOc1ccc(C)cc1. The van der Waals surface area contributed by atoms with E-state index in [0.29, 0.717) is 12.2 Å². The Bertz CT molecular complexity index is 476. The molecule has 3 nitrogen and oxygen atoms in total. The van der Waals surface area contributed by atoms with Gasteiger partial charge in [0.2, 0.25) is 0 Å². The quantitative estimate of drug-likeness (QED) is 0.267. The monoisotopic (exact) mass is 332 g/mol. The first kappa shape index (κ1) is 20.3. The lowest BCUT2D eigenvalue weighted by molar-refractivity contribution is -0.139. The fourth-order valence-electron chi connectivity index (χ4n) is 2.38. The van der Waals surface area contributed by atoms with Gasteiger partial charge in [0.25, 0.3) is 0 Å². The van der Waals surface area contributed by atoms with E-state index in [-0.39, 0.29) is 5.97 Å². The van der Waals surface area contributed by atoms with Crippen molar-refractivity contribution in [2.24, 2.45) is 0 Å². The van der Waals surface area contributed by atoms with Crippen LogP contribution in [0.1, 0.15) is 63.9 Å². The van der Waals surface area contributed by atoms with Crippen LogP contribution >= 0.6 is 0 Å². The average Bonchev–Trinajstić information content (AvgIpc) is 2.57. The highest BCUT2D eigenvalue weighted by Crippen LogP contribution is 2.13. The van der Waals surface area contributed by atoms with Crippen molar-refractivity contribution < 1.29 is 14.3 Å². The van der Waals surface area contributed by atoms with Gasteiger partial charge in [-0.05, 0) is 38.8 Å². The summed E-state index contributed by atoms with van der Waals surface area (Å²) in [4.78, 5) is 11.2. The van der Waals surface area contributed by atoms with Crippen molar-refractivity contribution in [1.82, 2.24) is 0 Å². The van der Waals surface area contributed by atoms with E-state index in [1.54, 1.807) is 6.92 Å². The third kappa shape index (κ3) is 10.1. The third-order valence-corrected chi connectivity index (χ3v) is 3.91. The Morgan fingerprint density at radius 3 is 1.92 bits per heavy atom. The molecule has 0 fully saturated rings. The van der Waals surface area contributed by atoms with Gasteiger partial charge in [-0.15, -0.1) is 0 Å². The predicted octanol–water partition coefficient (Wildman–Crippen LogP) is 5.61.